The third-order valence-corrected chi connectivity index (χ3v) is 6.67. The highest BCUT2D eigenvalue weighted by Crippen LogP contribution is 2.18. The van der Waals surface area contributed by atoms with E-state index in [1.54, 1.807) is 11.9 Å². The number of nitrogens with one attached hydrogen (secondary N) is 2. The maximum atomic E-state index is 12.3. The molecule has 28 heavy (non-hydrogen) atoms. The van der Waals surface area contributed by atoms with E-state index in [9.17, 15) is 18.0 Å². The lowest BCUT2D eigenvalue weighted by molar-refractivity contribution is -0.125. The summed E-state index contributed by atoms with van der Waals surface area (Å²) in [6, 6.07) is 7.73. The van der Waals surface area contributed by atoms with Crippen LogP contribution in [0.2, 0.25) is 0 Å². The summed E-state index contributed by atoms with van der Waals surface area (Å²) in [4.78, 5) is 25.9. The molecule has 2 N–H and O–H groups in total. The number of likely N-dealkylation sites (N-methyl/N-ethyl adjacent to an activating group) is 1. The van der Waals surface area contributed by atoms with E-state index in [0.29, 0.717) is 12.3 Å². The molecule has 2 atom stereocenters. The van der Waals surface area contributed by atoms with Crippen LogP contribution in [0.4, 0.5) is 0 Å². The molecule has 0 bridgehead atoms. The summed E-state index contributed by atoms with van der Waals surface area (Å²) in [6.45, 7) is 6.33. The van der Waals surface area contributed by atoms with Crippen molar-refractivity contribution in [2.24, 2.45) is 0 Å². The number of nitrogens with zero attached hydrogens (tertiary/aromatic N) is 1. The summed E-state index contributed by atoms with van der Waals surface area (Å²) >= 11 is 0. The van der Waals surface area contributed by atoms with E-state index < -0.39 is 9.84 Å². The third-order valence-electron chi connectivity index (χ3n) is 4.91. The second kappa shape index (κ2) is 9.52. The number of carbonyl (C=O) groups is 2. The van der Waals surface area contributed by atoms with Crippen molar-refractivity contribution in [1.29, 1.82) is 0 Å². The van der Waals surface area contributed by atoms with Crippen LogP contribution in [0.5, 0.6) is 0 Å². The fourth-order valence-corrected chi connectivity index (χ4v) is 4.94. The number of carbonyl (C=O) groups excluding carboxylic acids is 2. The van der Waals surface area contributed by atoms with E-state index in [4.69, 9.17) is 0 Å². The fourth-order valence-electron chi connectivity index (χ4n) is 3.27. The summed E-state index contributed by atoms with van der Waals surface area (Å²) in [5, 5.41) is 5.67. The molecule has 0 radical (unpaired) electrons. The second-order valence-electron chi connectivity index (χ2n) is 7.95. The van der Waals surface area contributed by atoms with Crippen LogP contribution in [0, 0.1) is 0 Å². The monoisotopic (exact) mass is 409 g/mol. The number of benzene rings is 1. The van der Waals surface area contributed by atoms with Crippen LogP contribution in [0.3, 0.4) is 0 Å². The minimum atomic E-state index is -3.03. The summed E-state index contributed by atoms with van der Waals surface area (Å²) in [7, 11) is -1.34. The molecule has 1 aliphatic rings. The van der Waals surface area contributed by atoms with Gasteiger partial charge in [0.25, 0.3) is 0 Å². The first-order valence-electron chi connectivity index (χ1n) is 9.63. The topological polar surface area (TPSA) is 95.6 Å². The van der Waals surface area contributed by atoms with Gasteiger partial charge in [-0.2, -0.15) is 0 Å². The van der Waals surface area contributed by atoms with E-state index >= 15 is 0 Å². The molecule has 1 heterocycles. The van der Waals surface area contributed by atoms with Crippen LogP contribution in [0.15, 0.2) is 24.3 Å². The van der Waals surface area contributed by atoms with Gasteiger partial charge in [-0.1, -0.05) is 38.1 Å². The molecule has 2 unspecified atom stereocenters. The minimum Gasteiger partial charge on any atom is -0.351 e. The van der Waals surface area contributed by atoms with Gasteiger partial charge in [-0.25, -0.2) is 8.42 Å². The van der Waals surface area contributed by atoms with E-state index in [2.05, 4.69) is 36.6 Å². The van der Waals surface area contributed by atoms with Crippen LogP contribution in [-0.4, -0.2) is 62.8 Å². The molecule has 156 valence electrons. The molecule has 1 saturated heterocycles. The number of sulfone groups is 1. The Morgan fingerprint density at radius 1 is 1.07 bits per heavy atom. The van der Waals surface area contributed by atoms with Crippen LogP contribution in [0.25, 0.3) is 0 Å². The Bertz CT molecular complexity index is 790. The first kappa shape index (κ1) is 22.4. The molecular weight excluding hydrogens is 378 g/mol. The Kier molecular flexibility index (Phi) is 7.60. The molecule has 0 saturated carbocycles. The van der Waals surface area contributed by atoms with Crippen LogP contribution in [-0.2, 0) is 19.4 Å². The zero-order chi connectivity index (χ0) is 20.9. The minimum absolute atomic E-state index is 0.00391. The fraction of sp³-hybridized carbons (Fsp3) is 0.600. The van der Waals surface area contributed by atoms with E-state index in [1.807, 2.05) is 19.1 Å². The Balaban J connectivity index is 1.76. The maximum absolute atomic E-state index is 12.3. The summed E-state index contributed by atoms with van der Waals surface area (Å²) in [5.41, 5.74) is 2.28. The molecule has 1 aromatic rings. The van der Waals surface area contributed by atoms with E-state index in [1.165, 1.54) is 5.56 Å². The molecule has 7 nitrogen and oxygen atoms in total. The molecule has 0 aromatic heterocycles. The molecule has 2 rings (SSSR count). The lowest BCUT2D eigenvalue weighted by atomic mass is 9.99. The van der Waals surface area contributed by atoms with Gasteiger partial charge < -0.3 is 10.6 Å². The Morgan fingerprint density at radius 2 is 1.64 bits per heavy atom. The van der Waals surface area contributed by atoms with Gasteiger partial charge in [-0.05, 0) is 37.4 Å². The van der Waals surface area contributed by atoms with Crippen molar-refractivity contribution in [2.45, 2.75) is 45.2 Å². The highest BCUT2D eigenvalue weighted by molar-refractivity contribution is 7.91. The van der Waals surface area contributed by atoms with E-state index in [0.717, 1.165) is 5.56 Å². The van der Waals surface area contributed by atoms with Crippen molar-refractivity contribution in [2.75, 3.05) is 31.6 Å². The normalized spacial score (nSPS) is 19.6. The highest BCUT2D eigenvalue weighted by atomic mass is 32.2. The number of hydrogen-bond donors (Lipinski definition) is 2. The van der Waals surface area contributed by atoms with Crippen molar-refractivity contribution in [3.05, 3.63) is 35.4 Å². The van der Waals surface area contributed by atoms with E-state index in [-0.39, 0.29) is 48.5 Å². The van der Waals surface area contributed by atoms with Gasteiger partial charge in [0.2, 0.25) is 11.8 Å². The average molecular weight is 410 g/mol. The molecule has 8 heteroatoms. The van der Waals surface area contributed by atoms with Gasteiger partial charge in [0, 0.05) is 6.04 Å². The molecule has 0 spiro atoms. The van der Waals surface area contributed by atoms with Gasteiger partial charge in [-0.3, -0.25) is 14.5 Å². The average Bonchev–Trinajstić information content (AvgIpc) is 2.92. The Hall–Kier alpha value is -1.93. The quantitative estimate of drug-likeness (QED) is 0.673. The van der Waals surface area contributed by atoms with Gasteiger partial charge in [0.05, 0.1) is 30.6 Å². The summed E-state index contributed by atoms with van der Waals surface area (Å²) < 4.78 is 22.9. The van der Waals surface area contributed by atoms with Gasteiger partial charge in [-0.15, -0.1) is 0 Å². The zero-order valence-corrected chi connectivity index (χ0v) is 17.9. The number of amides is 2. The smallest absolute Gasteiger partial charge is 0.234 e. The first-order chi connectivity index (χ1) is 13.1. The predicted octanol–water partition coefficient (Wildman–Crippen LogP) is 1.22. The van der Waals surface area contributed by atoms with Crippen molar-refractivity contribution in [1.82, 2.24) is 15.5 Å². The van der Waals surface area contributed by atoms with Crippen molar-refractivity contribution in [3.8, 4) is 0 Å². The molecule has 1 fully saturated rings. The van der Waals surface area contributed by atoms with Crippen LogP contribution < -0.4 is 10.6 Å². The summed E-state index contributed by atoms with van der Waals surface area (Å²) in [6.07, 6.45) is 0.450. The number of rotatable bonds is 8. The van der Waals surface area contributed by atoms with Gasteiger partial charge >= 0.3 is 0 Å². The van der Waals surface area contributed by atoms with Gasteiger partial charge in [0.15, 0.2) is 9.84 Å². The highest BCUT2D eigenvalue weighted by Gasteiger charge is 2.29. The molecule has 1 aliphatic heterocycles. The maximum Gasteiger partial charge on any atom is 0.234 e. The lowest BCUT2D eigenvalue weighted by Gasteiger charge is -2.20. The molecule has 2 amide bonds. The Morgan fingerprint density at radius 3 is 2.18 bits per heavy atom. The standard InChI is InChI=1S/C20H31N3O4S/c1-14(2)16-5-7-17(8-6-16)15(3)21-19(24)11-23(4)12-20(25)22-18-9-10-28(26,27)13-18/h5-8,14-15,18H,9-13H2,1-4H3,(H,21,24)(H,22,25). The van der Waals surface area contributed by atoms with Crippen molar-refractivity contribution in [3.63, 3.8) is 0 Å². The van der Waals surface area contributed by atoms with Crippen molar-refractivity contribution < 1.29 is 18.0 Å². The molecule has 1 aromatic carbocycles. The third kappa shape index (κ3) is 6.91. The van der Waals surface area contributed by atoms with Crippen LogP contribution in [0.1, 0.15) is 50.3 Å². The molecule has 0 aliphatic carbocycles. The largest absolute Gasteiger partial charge is 0.351 e. The van der Waals surface area contributed by atoms with Crippen molar-refractivity contribution >= 4 is 21.7 Å². The first-order valence-corrected chi connectivity index (χ1v) is 11.5. The van der Waals surface area contributed by atoms with Crippen LogP contribution >= 0.6 is 0 Å². The second-order valence-corrected chi connectivity index (χ2v) is 10.2. The lowest BCUT2D eigenvalue weighted by Crippen LogP contribution is -2.44. The Labute approximate surface area is 167 Å². The zero-order valence-electron chi connectivity index (χ0n) is 17.1. The predicted molar refractivity (Wildman–Crippen MR) is 110 cm³/mol. The van der Waals surface area contributed by atoms with Gasteiger partial charge in [0.1, 0.15) is 0 Å². The number of hydrogen-bond acceptors (Lipinski definition) is 5. The SMILES string of the molecule is CC(C)c1ccc(C(C)NC(=O)CN(C)CC(=O)NC2CCS(=O)(=O)C2)cc1. The molecular formula is C20H31N3O4S. The summed E-state index contributed by atoms with van der Waals surface area (Å²) in [5.74, 6) is 0.138.